The highest BCUT2D eigenvalue weighted by Gasteiger charge is 2.21. The molecule has 2 nitrogen and oxygen atoms in total. The summed E-state index contributed by atoms with van der Waals surface area (Å²) in [7, 11) is 0. The van der Waals surface area contributed by atoms with E-state index in [9.17, 15) is 0 Å². The number of aromatic nitrogens is 2. The Balaban J connectivity index is 1.29. The number of hydrogen-bond acceptors (Lipinski definition) is 3. The van der Waals surface area contributed by atoms with Crippen molar-refractivity contribution in [2.75, 3.05) is 0 Å². The summed E-state index contributed by atoms with van der Waals surface area (Å²) in [6.07, 6.45) is 0. The monoisotopic (exact) mass is 610 g/mol. The Labute approximate surface area is 269 Å². The molecule has 0 aliphatic rings. The summed E-state index contributed by atoms with van der Waals surface area (Å²) in [5, 5.41) is 4.85. The molecule has 6 aromatic carbocycles. The van der Waals surface area contributed by atoms with Gasteiger partial charge in [0.05, 0.1) is 11.0 Å². The summed E-state index contributed by atoms with van der Waals surface area (Å²) >= 11 is 3.72. The SMILES string of the molecule is c1ccc(-c2c3cc(-c4cccc(-c5nc6ccccc6n5-c5ccccc5)c4)sc3c(-c3ccccc3)c3ccsc23)cc1. The fourth-order valence-electron chi connectivity index (χ4n) is 6.50. The zero-order valence-electron chi connectivity index (χ0n) is 24.2. The molecule has 3 aromatic heterocycles. The molecule has 9 rings (SSSR count). The largest absolute Gasteiger partial charge is 0.292 e. The zero-order valence-corrected chi connectivity index (χ0v) is 25.9. The van der Waals surface area contributed by atoms with E-state index in [1.54, 1.807) is 0 Å². The van der Waals surface area contributed by atoms with Gasteiger partial charge in [-0.1, -0.05) is 109 Å². The molecule has 0 saturated heterocycles. The van der Waals surface area contributed by atoms with Gasteiger partial charge >= 0.3 is 0 Å². The van der Waals surface area contributed by atoms with Crippen LogP contribution >= 0.6 is 22.7 Å². The van der Waals surface area contributed by atoms with E-state index in [0.717, 1.165) is 28.1 Å². The summed E-state index contributed by atoms with van der Waals surface area (Å²) in [6, 6.07) is 54.2. The predicted molar refractivity (Wildman–Crippen MR) is 194 cm³/mol. The Kier molecular flexibility index (Phi) is 6.22. The summed E-state index contributed by atoms with van der Waals surface area (Å²) in [4.78, 5) is 6.39. The van der Waals surface area contributed by atoms with Crippen molar-refractivity contribution < 1.29 is 0 Å². The average Bonchev–Trinajstić information content (AvgIpc) is 3.86. The van der Waals surface area contributed by atoms with E-state index in [4.69, 9.17) is 4.98 Å². The predicted octanol–water partition coefficient (Wildman–Crippen LogP) is 12.1. The lowest BCUT2D eigenvalue weighted by Gasteiger charge is -2.12. The number of nitrogens with zero attached hydrogens (tertiary/aromatic N) is 2. The minimum atomic E-state index is 0.945. The topological polar surface area (TPSA) is 17.8 Å². The zero-order chi connectivity index (χ0) is 29.7. The lowest BCUT2D eigenvalue weighted by Crippen LogP contribution is -1.97. The molecule has 9 aromatic rings. The third kappa shape index (κ3) is 4.33. The second-order valence-corrected chi connectivity index (χ2v) is 13.1. The molecule has 0 N–H and O–H groups in total. The molecule has 0 radical (unpaired) electrons. The van der Waals surface area contributed by atoms with Crippen molar-refractivity contribution >= 4 is 53.9 Å². The maximum absolute atomic E-state index is 5.14. The Morgan fingerprint density at radius 1 is 0.489 bits per heavy atom. The van der Waals surface area contributed by atoms with Gasteiger partial charge in [-0.3, -0.25) is 4.57 Å². The van der Waals surface area contributed by atoms with E-state index >= 15 is 0 Å². The highest BCUT2D eigenvalue weighted by atomic mass is 32.1. The molecule has 212 valence electrons. The number of para-hydroxylation sites is 3. The molecule has 3 heterocycles. The maximum Gasteiger partial charge on any atom is 0.145 e. The summed E-state index contributed by atoms with van der Waals surface area (Å²) in [5.74, 6) is 0.945. The van der Waals surface area contributed by atoms with Crippen molar-refractivity contribution in [3.63, 3.8) is 0 Å². The fraction of sp³-hybridized carbons (Fsp3) is 0. The van der Waals surface area contributed by atoms with Gasteiger partial charge in [0.15, 0.2) is 0 Å². The molecule has 0 unspecified atom stereocenters. The van der Waals surface area contributed by atoms with Crippen LogP contribution in [-0.4, -0.2) is 9.55 Å². The van der Waals surface area contributed by atoms with E-state index in [-0.39, 0.29) is 0 Å². The van der Waals surface area contributed by atoms with Crippen molar-refractivity contribution in [3.8, 4) is 49.8 Å². The molecule has 0 fully saturated rings. The van der Waals surface area contributed by atoms with Gasteiger partial charge in [0.1, 0.15) is 5.82 Å². The highest BCUT2D eigenvalue weighted by Crippen LogP contribution is 2.50. The van der Waals surface area contributed by atoms with Crippen LogP contribution in [0.5, 0.6) is 0 Å². The van der Waals surface area contributed by atoms with Gasteiger partial charge in [0.2, 0.25) is 0 Å². The summed E-state index contributed by atoms with van der Waals surface area (Å²) in [5.41, 5.74) is 10.6. The van der Waals surface area contributed by atoms with Gasteiger partial charge < -0.3 is 0 Å². The van der Waals surface area contributed by atoms with Crippen molar-refractivity contribution in [1.82, 2.24) is 9.55 Å². The number of rotatable bonds is 5. The van der Waals surface area contributed by atoms with Crippen LogP contribution in [-0.2, 0) is 0 Å². The van der Waals surface area contributed by atoms with Crippen LogP contribution in [0.15, 0.2) is 157 Å². The van der Waals surface area contributed by atoms with Gasteiger partial charge in [-0.2, -0.15) is 0 Å². The third-order valence-corrected chi connectivity index (χ3v) is 10.6. The van der Waals surface area contributed by atoms with Crippen molar-refractivity contribution in [3.05, 3.63) is 157 Å². The van der Waals surface area contributed by atoms with Crippen LogP contribution in [0, 0.1) is 0 Å². The highest BCUT2D eigenvalue weighted by molar-refractivity contribution is 7.23. The quantitative estimate of drug-likeness (QED) is 0.190. The van der Waals surface area contributed by atoms with Gasteiger partial charge in [-0.05, 0) is 64.5 Å². The van der Waals surface area contributed by atoms with Crippen molar-refractivity contribution in [2.24, 2.45) is 0 Å². The second-order valence-electron chi connectivity index (χ2n) is 11.2. The van der Waals surface area contributed by atoms with Crippen LogP contribution in [0.3, 0.4) is 0 Å². The van der Waals surface area contributed by atoms with E-state index in [1.165, 1.54) is 52.9 Å². The first-order valence-electron chi connectivity index (χ1n) is 15.0. The number of fused-ring (bicyclic) bond motifs is 3. The van der Waals surface area contributed by atoms with Gasteiger partial charge in [0.25, 0.3) is 0 Å². The molecule has 0 bridgehead atoms. The smallest absolute Gasteiger partial charge is 0.145 e. The molecule has 0 saturated carbocycles. The summed E-state index contributed by atoms with van der Waals surface area (Å²) in [6.45, 7) is 0. The summed E-state index contributed by atoms with van der Waals surface area (Å²) < 4.78 is 4.93. The van der Waals surface area contributed by atoms with Crippen LogP contribution < -0.4 is 0 Å². The van der Waals surface area contributed by atoms with Crippen LogP contribution in [0.1, 0.15) is 0 Å². The normalized spacial score (nSPS) is 11.6. The standard InChI is InChI=1S/C41H26N2S2/c1-4-13-27(14-5-1)37-32-23-24-44-39(32)38(28-15-6-2-7-16-28)33-26-36(45-40(33)37)29-17-12-18-30(25-29)41-42-34-21-10-11-22-35(34)43(41)31-19-8-3-9-20-31/h1-26H. The number of benzene rings is 6. The average molecular weight is 611 g/mol. The molecule has 45 heavy (non-hydrogen) atoms. The number of thiophene rings is 2. The maximum atomic E-state index is 5.14. The number of hydrogen-bond donors (Lipinski definition) is 0. The first-order chi connectivity index (χ1) is 22.3. The Morgan fingerprint density at radius 2 is 1.11 bits per heavy atom. The molecule has 0 aliphatic carbocycles. The van der Waals surface area contributed by atoms with Crippen LogP contribution in [0.25, 0.3) is 81.0 Å². The van der Waals surface area contributed by atoms with E-state index in [0.29, 0.717) is 0 Å². The Morgan fingerprint density at radius 3 is 1.87 bits per heavy atom. The van der Waals surface area contributed by atoms with Gasteiger partial charge in [-0.25, -0.2) is 4.98 Å². The molecule has 0 spiro atoms. The second kappa shape index (κ2) is 10.7. The molecule has 0 atom stereocenters. The van der Waals surface area contributed by atoms with E-state index < -0.39 is 0 Å². The van der Waals surface area contributed by atoms with Crippen LogP contribution in [0.4, 0.5) is 0 Å². The first kappa shape index (κ1) is 26.1. The molecule has 4 heteroatoms. The van der Waals surface area contributed by atoms with Gasteiger partial charge in [-0.15, -0.1) is 22.7 Å². The third-order valence-electron chi connectivity index (χ3n) is 8.50. The molecule has 0 amide bonds. The van der Waals surface area contributed by atoms with Crippen molar-refractivity contribution in [2.45, 2.75) is 0 Å². The van der Waals surface area contributed by atoms with Crippen LogP contribution in [0.2, 0.25) is 0 Å². The van der Waals surface area contributed by atoms with E-state index in [2.05, 4.69) is 162 Å². The lowest BCUT2D eigenvalue weighted by molar-refractivity contribution is 1.10. The fourth-order valence-corrected chi connectivity index (χ4v) is 8.73. The molecular formula is C41H26N2S2. The first-order valence-corrected chi connectivity index (χ1v) is 16.7. The Bertz CT molecular complexity index is 2380. The Hall–Kier alpha value is -5.29. The minimum Gasteiger partial charge on any atom is -0.292 e. The van der Waals surface area contributed by atoms with E-state index in [1.807, 2.05) is 22.7 Å². The molecule has 0 aliphatic heterocycles. The van der Waals surface area contributed by atoms with Crippen molar-refractivity contribution in [1.29, 1.82) is 0 Å². The lowest BCUT2D eigenvalue weighted by atomic mass is 9.93. The minimum absolute atomic E-state index is 0.945. The van der Waals surface area contributed by atoms with Gasteiger partial charge in [0, 0.05) is 47.4 Å². The molecular weight excluding hydrogens is 585 g/mol. The number of imidazole rings is 1.